The van der Waals surface area contributed by atoms with Gasteiger partial charge in [-0.25, -0.2) is 0 Å². The maximum absolute atomic E-state index is 5.59. The smallest absolute Gasteiger partial charge is 0.244 e. The van der Waals surface area contributed by atoms with Crippen molar-refractivity contribution in [3.63, 3.8) is 0 Å². The molecule has 2 aliphatic rings. The van der Waals surface area contributed by atoms with Crippen molar-refractivity contribution in [2.45, 2.75) is 31.7 Å². The third-order valence-corrected chi connectivity index (χ3v) is 4.06. The first-order valence-corrected chi connectivity index (χ1v) is 8.00. The van der Waals surface area contributed by atoms with E-state index in [1.807, 2.05) is 18.2 Å². The molecule has 0 amide bonds. The van der Waals surface area contributed by atoms with Gasteiger partial charge in [-0.2, -0.15) is 10.1 Å². The van der Waals surface area contributed by atoms with Crippen molar-refractivity contribution < 1.29 is 9.47 Å². The number of benzene rings is 1. The van der Waals surface area contributed by atoms with Crippen molar-refractivity contribution in [3.8, 4) is 11.5 Å². The molecule has 1 fully saturated rings. The summed E-state index contributed by atoms with van der Waals surface area (Å²) in [6, 6.07) is 6.19. The molecular weight excluding hydrogens is 294 g/mol. The lowest BCUT2D eigenvalue weighted by molar-refractivity contribution is 0.171. The number of rotatable bonds is 4. The first kappa shape index (κ1) is 14.0. The molecular formula is C16H19N5O2. The van der Waals surface area contributed by atoms with Crippen molar-refractivity contribution >= 4 is 17.5 Å². The van der Waals surface area contributed by atoms with Crippen molar-refractivity contribution in [2.75, 3.05) is 23.8 Å². The fourth-order valence-electron chi connectivity index (χ4n) is 2.95. The Hall–Kier alpha value is -2.57. The molecule has 1 aliphatic heterocycles. The zero-order valence-electron chi connectivity index (χ0n) is 12.8. The van der Waals surface area contributed by atoms with E-state index in [9.17, 15) is 0 Å². The van der Waals surface area contributed by atoms with Crippen molar-refractivity contribution in [1.29, 1.82) is 0 Å². The molecule has 0 bridgehead atoms. The van der Waals surface area contributed by atoms with Crippen LogP contribution < -0.4 is 20.1 Å². The van der Waals surface area contributed by atoms with Gasteiger partial charge in [-0.05, 0) is 25.0 Å². The summed E-state index contributed by atoms with van der Waals surface area (Å²) < 4.78 is 11.1. The Bertz CT molecular complexity index is 688. The first-order chi connectivity index (χ1) is 11.4. The third-order valence-electron chi connectivity index (χ3n) is 4.06. The molecule has 1 saturated carbocycles. The summed E-state index contributed by atoms with van der Waals surface area (Å²) in [6.07, 6.45) is 6.48. The molecule has 2 heterocycles. The molecule has 23 heavy (non-hydrogen) atoms. The Morgan fingerprint density at radius 3 is 2.74 bits per heavy atom. The minimum atomic E-state index is 0.460. The summed E-state index contributed by atoms with van der Waals surface area (Å²) >= 11 is 0. The molecule has 7 heteroatoms. The molecule has 0 radical (unpaired) electrons. The van der Waals surface area contributed by atoms with Crippen LogP contribution in [0.2, 0.25) is 0 Å². The molecule has 1 aliphatic carbocycles. The van der Waals surface area contributed by atoms with E-state index in [0.717, 1.165) is 17.2 Å². The standard InChI is InChI=1S/C16H19N5O2/c1-2-4-11(3-1)19-16-20-15(10-17-21-16)18-12-5-6-13-14(9-12)23-8-7-22-13/h5-6,9-11H,1-4,7-8H2,(H2,18,19,20,21). The summed E-state index contributed by atoms with van der Waals surface area (Å²) in [5, 5.41) is 14.7. The van der Waals surface area contributed by atoms with E-state index in [1.54, 1.807) is 6.20 Å². The molecule has 1 aromatic heterocycles. The number of nitrogens with one attached hydrogen (secondary N) is 2. The minimum Gasteiger partial charge on any atom is -0.486 e. The number of ether oxygens (including phenoxy) is 2. The van der Waals surface area contributed by atoms with Gasteiger partial charge in [0.25, 0.3) is 0 Å². The lowest BCUT2D eigenvalue weighted by Crippen LogP contribution is -2.17. The molecule has 120 valence electrons. The van der Waals surface area contributed by atoms with Crippen LogP contribution in [-0.4, -0.2) is 34.4 Å². The second kappa shape index (κ2) is 6.28. The van der Waals surface area contributed by atoms with E-state index in [2.05, 4.69) is 25.8 Å². The van der Waals surface area contributed by atoms with E-state index in [0.29, 0.717) is 31.0 Å². The SMILES string of the molecule is c1cc2c(cc1Nc1cnnc(NC3CCCC3)n1)OCCO2. The molecule has 4 rings (SSSR count). The van der Waals surface area contributed by atoms with Gasteiger partial charge >= 0.3 is 0 Å². The highest BCUT2D eigenvalue weighted by Gasteiger charge is 2.16. The van der Waals surface area contributed by atoms with Crippen LogP contribution in [0.4, 0.5) is 17.5 Å². The van der Waals surface area contributed by atoms with Crippen LogP contribution in [0.15, 0.2) is 24.4 Å². The highest BCUT2D eigenvalue weighted by Crippen LogP contribution is 2.33. The highest BCUT2D eigenvalue weighted by molar-refractivity contribution is 5.61. The van der Waals surface area contributed by atoms with Gasteiger partial charge in [0.2, 0.25) is 5.95 Å². The lowest BCUT2D eigenvalue weighted by Gasteiger charge is -2.19. The van der Waals surface area contributed by atoms with Gasteiger partial charge < -0.3 is 20.1 Å². The zero-order valence-corrected chi connectivity index (χ0v) is 12.8. The first-order valence-electron chi connectivity index (χ1n) is 8.00. The van der Waals surface area contributed by atoms with E-state index in [1.165, 1.54) is 25.7 Å². The van der Waals surface area contributed by atoms with Gasteiger partial charge in [0.15, 0.2) is 17.3 Å². The van der Waals surface area contributed by atoms with Crippen molar-refractivity contribution in [3.05, 3.63) is 24.4 Å². The van der Waals surface area contributed by atoms with Crippen molar-refractivity contribution in [1.82, 2.24) is 15.2 Å². The Morgan fingerprint density at radius 1 is 1.04 bits per heavy atom. The number of anilines is 3. The van der Waals surface area contributed by atoms with Gasteiger partial charge in [0, 0.05) is 17.8 Å². The predicted molar refractivity (Wildman–Crippen MR) is 86.4 cm³/mol. The summed E-state index contributed by atoms with van der Waals surface area (Å²) in [5.41, 5.74) is 0.876. The molecule has 0 spiro atoms. The second-order valence-corrected chi connectivity index (χ2v) is 5.77. The Morgan fingerprint density at radius 2 is 1.87 bits per heavy atom. The molecule has 2 aromatic rings. The van der Waals surface area contributed by atoms with Crippen LogP contribution in [-0.2, 0) is 0 Å². The summed E-state index contributed by atoms with van der Waals surface area (Å²) in [6.45, 7) is 1.16. The average molecular weight is 313 g/mol. The molecule has 0 atom stereocenters. The molecule has 0 saturated heterocycles. The number of hydrogen-bond donors (Lipinski definition) is 2. The maximum Gasteiger partial charge on any atom is 0.244 e. The Kier molecular flexibility index (Phi) is 3.83. The molecule has 2 N–H and O–H groups in total. The highest BCUT2D eigenvalue weighted by atomic mass is 16.6. The second-order valence-electron chi connectivity index (χ2n) is 5.77. The molecule has 1 aromatic carbocycles. The molecule has 0 unspecified atom stereocenters. The van der Waals surface area contributed by atoms with Crippen LogP contribution in [0, 0.1) is 0 Å². The normalized spacial score (nSPS) is 17.0. The number of aromatic nitrogens is 3. The topological polar surface area (TPSA) is 81.2 Å². The number of nitrogens with zero attached hydrogens (tertiary/aromatic N) is 3. The van der Waals surface area contributed by atoms with E-state index >= 15 is 0 Å². The van der Waals surface area contributed by atoms with E-state index in [4.69, 9.17) is 9.47 Å². The monoisotopic (exact) mass is 313 g/mol. The summed E-state index contributed by atoms with van der Waals surface area (Å²) in [7, 11) is 0. The van der Waals surface area contributed by atoms with Gasteiger partial charge in [0.05, 0.1) is 6.20 Å². The van der Waals surface area contributed by atoms with Crippen LogP contribution in [0.5, 0.6) is 11.5 Å². The Labute approximate surface area is 134 Å². The van der Waals surface area contributed by atoms with Crippen LogP contribution in [0.3, 0.4) is 0 Å². The minimum absolute atomic E-state index is 0.460. The number of fused-ring (bicyclic) bond motifs is 1. The summed E-state index contributed by atoms with van der Waals surface area (Å²) in [4.78, 5) is 4.48. The maximum atomic E-state index is 5.59. The van der Waals surface area contributed by atoms with E-state index < -0.39 is 0 Å². The van der Waals surface area contributed by atoms with Crippen LogP contribution in [0.25, 0.3) is 0 Å². The van der Waals surface area contributed by atoms with Gasteiger partial charge in [-0.1, -0.05) is 12.8 Å². The quantitative estimate of drug-likeness (QED) is 0.898. The Balaban J connectivity index is 1.47. The van der Waals surface area contributed by atoms with E-state index in [-0.39, 0.29) is 0 Å². The zero-order chi connectivity index (χ0) is 15.5. The van der Waals surface area contributed by atoms with Gasteiger partial charge in [0.1, 0.15) is 13.2 Å². The van der Waals surface area contributed by atoms with Gasteiger partial charge in [-0.15, -0.1) is 5.10 Å². The largest absolute Gasteiger partial charge is 0.486 e. The van der Waals surface area contributed by atoms with Crippen LogP contribution >= 0.6 is 0 Å². The predicted octanol–water partition coefficient (Wildman–Crippen LogP) is 2.74. The van der Waals surface area contributed by atoms with Crippen molar-refractivity contribution in [2.24, 2.45) is 0 Å². The molecule has 7 nitrogen and oxygen atoms in total. The lowest BCUT2D eigenvalue weighted by atomic mass is 10.2. The fraction of sp³-hybridized carbons (Fsp3) is 0.438. The third kappa shape index (κ3) is 3.28. The van der Waals surface area contributed by atoms with Gasteiger partial charge in [-0.3, -0.25) is 0 Å². The fourth-order valence-corrected chi connectivity index (χ4v) is 2.95. The number of hydrogen-bond acceptors (Lipinski definition) is 7. The average Bonchev–Trinajstić information content (AvgIpc) is 3.08. The summed E-state index contributed by atoms with van der Waals surface area (Å²) in [5.74, 6) is 2.73. The van der Waals surface area contributed by atoms with Crippen LogP contribution in [0.1, 0.15) is 25.7 Å².